The highest BCUT2D eigenvalue weighted by molar-refractivity contribution is 5.69. The van der Waals surface area contributed by atoms with Crippen molar-refractivity contribution in [3.63, 3.8) is 0 Å². The number of carbonyl (C=O) groups is 1. The van der Waals surface area contributed by atoms with Gasteiger partial charge in [-0.3, -0.25) is 4.90 Å². The van der Waals surface area contributed by atoms with Crippen LogP contribution in [0, 0.1) is 0 Å². The lowest BCUT2D eigenvalue weighted by Gasteiger charge is -2.28. The maximum absolute atomic E-state index is 12.8. The van der Waals surface area contributed by atoms with Gasteiger partial charge in [-0.15, -0.1) is 0 Å². The quantitative estimate of drug-likeness (QED) is 0.886. The summed E-state index contributed by atoms with van der Waals surface area (Å²) in [4.78, 5) is 14.5. The molecule has 0 saturated carbocycles. The summed E-state index contributed by atoms with van der Waals surface area (Å²) >= 11 is 0. The number of hydrogen-bond donors (Lipinski definition) is 1. The van der Waals surface area contributed by atoms with Crippen molar-refractivity contribution >= 4 is 11.8 Å². The Hall–Kier alpha value is -2.49. The van der Waals surface area contributed by atoms with Crippen molar-refractivity contribution in [1.82, 2.24) is 4.90 Å². The SMILES string of the molecule is CC(C)(C)OC(=O)N(Cc1ccccc1)Cc1cccc2c1NCC2. The van der Waals surface area contributed by atoms with E-state index >= 15 is 0 Å². The van der Waals surface area contributed by atoms with Crippen LogP contribution in [0.2, 0.25) is 0 Å². The van der Waals surface area contributed by atoms with Crippen molar-refractivity contribution in [1.29, 1.82) is 0 Å². The molecule has 1 aliphatic heterocycles. The van der Waals surface area contributed by atoms with Gasteiger partial charge in [-0.05, 0) is 43.9 Å². The lowest BCUT2D eigenvalue weighted by atomic mass is 10.1. The fourth-order valence-electron chi connectivity index (χ4n) is 3.06. The first-order chi connectivity index (χ1) is 11.9. The summed E-state index contributed by atoms with van der Waals surface area (Å²) in [6, 6.07) is 16.3. The highest BCUT2D eigenvalue weighted by Crippen LogP contribution is 2.28. The molecule has 0 unspecified atom stereocenters. The number of hydrogen-bond acceptors (Lipinski definition) is 3. The Morgan fingerprint density at radius 2 is 1.84 bits per heavy atom. The minimum absolute atomic E-state index is 0.285. The summed E-state index contributed by atoms with van der Waals surface area (Å²) in [6.07, 6.45) is 0.751. The Morgan fingerprint density at radius 3 is 2.56 bits per heavy atom. The number of para-hydroxylation sites is 1. The molecule has 0 bridgehead atoms. The lowest BCUT2D eigenvalue weighted by molar-refractivity contribution is 0.0217. The molecule has 1 N–H and O–H groups in total. The zero-order chi connectivity index (χ0) is 17.9. The van der Waals surface area contributed by atoms with Crippen LogP contribution in [0.1, 0.15) is 37.5 Å². The Kier molecular flexibility index (Phi) is 4.98. The predicted octanol–water partition coefficient (Wildman–Crippen LogP) is 4.59. The molecule has 1 aliphatic rings. The van der Waals surface area contributed by atoms with Crippen LogP contribution < -0.4 is 5.32 Å². The summed E-state index contributed by atoms with van der Waals surface area (Å²) < 4.78 is 5.63. The van der Waals surface area contributed by atoms with Crippen LogP contribution in [-0.4, -0.2) is 23.1 Å². The van der Waals surface area contributed by atoms with Gasteiger partial charge < -0.3 is 10.1 Å². The number of amides is 1. The van der Waals surface area contributed by atoms with Gasteiger partial charge in [0.15, 0.2) is 0 Å². The van der Waals surface area contributed by atoms with E-state index in [-0.39, 0.29) is 6.09 Å². The van der Waals surface area contributed by atoms with Crippen LogP contribution in [-0.2, 0) is 24.2 Å². The first kappa shape index (κ1) is 17.3. The van der Waals surface area contributed by atoms with Gasteiger partial charge in [0.1, 0.15) is 5.60 Å². The summed E-state index contributed by atoms with van der Waals surface area (Å²) in [5.74, 6) is 0. The molecule has 2 aromatic carbocycles. The molecule has 1 heterocycles. The largest absolute Gasteiger partial charge is 0.444 e. The molecule has 0 saturated heterocycles. The molecule has 0 spiro atoms. The molecule has 132 valence electrons. The van der Waals surface area contributed by atoms with Crippen molar-refractivity contribution in [3.05, 3.63) is 65.2 Å². The monoisotopic (exact) mass is 338 g/mol. The molecular weight excluding hydrogens is 312 g/mol. The number of ether oxygens (including phenoxy) is 1. The van der Waals surface area contributed by atoms with Crippen LogP contribution in [0.3, 0.4) is 0 Å². The molecule has 0 aliphatic carbocycles. The number of rotatable bonds is 4. The van der Waals surface area contributed by atoms with Crippen LogP contribution >= 0.6 is 0 Å². The lowest BCUT2D eigenvalue weighted by Crippen LogP contribution is -2.36. The van der Waals surface area contributed by atoms with Gasteiger partial charge in [-0.2, -0.15) is 0 Å². The van der Waals surface area contributed by atoms with Crippen molar-refractivity contribution in [2.75, 3.05) is 11.9 Å². The summed E-state index contributed by atoms with van der Waals surface area (Å²) in [5, 5.41) is 3.45. The van der Waals surface area contributed by atoms with Crippen LogP contribution in [0.25, 0.3) is 0 Å². The molecule has 4 nitrogen and oxygen atoms in total. The van der Waals surface area contributed by atoms with E-state index in [2.05, 4.69) is 23.5 Å². The fourth-order valence-corrected chi connectivity index (χ4v) is 3.06. The van der Waals surface area contributed by atoms with Crippen molar-refractivity contribution in [3.8, 4) is 0 Å². The third kappa shape index (κ3) is 4.53. The highest BCUT2D eigenvalue weighted by atomic mass is 16.6. The second kappa shape index (κ2) is 7.18. The minimum Gasteiger partial charge on any atom is -0.444 e. The van der Waals surface area contributed by atoms with E-state index in [4.69, 9.17) is 4.74 Å². The molecule has 25 heavy (non-hydrogen) atoms. The summed E-state index contributed by atoms with van der Waals surface area (Å²) in [7, 11) is 0. The van der Waals surface area contributed by atoms with Gasteiger partial charge in [0.25, 0.3) is 0 Å². The van der Waals surface area contributed by atoms with Crippen molar-refractivity contribution < 1.29 is 9.53 Å². The fraction of sp³-hybridized carbons (Fsp3) is 0.381. The molecular formula is C21H26N2O2. The zero-order valence-corrected chi connectivity index (χ0v) is 15.2. The number of fused-ring (bicyclic) bond motifs is 1. The Morgan fingerprint density at radius 1 is 1.08 bits per heavy atom. The minimum atomic E-state index is -0.511. The third-order valence-electron chi connectivity index (χ3n) is 4.16. The second-order valence-electron chi connectivity index (χ2n) is 7.45. The molecule has 0 radical (unpaired) electrons. The number of nitrogens with one attached hydrogen (secondary N) is 1. The molecule has 3 rings (SSSR count). The normalized spacial score (nSPS) is 13.1. The molecule has 0 aromatic heterocycles. The Balaban J connectivity index is 1.83. The van der Waals surface area contributed by atoms with E-state index in [0.29, 0.717) is 13.1 Å². The first-order valence-electron chi connectivity index (χ1n) is 8.79. The van der Waals surface area contributed by atoms with Gasteiger partial charge in [0, 0.05) is 18.8 Å². The van der Waals surface area contributed by atoms with E-state index in [1.165, 1.54) is 11.3 Å². The standard InChI is InChI=1S/C21H26N2O2/c1-21(2,3)25-20(24)23(14-16-8-5-4-6-9-16)15-18-11-7-10-17-12-13-22-19(17)18/h4-11,22H,12-15H2,1-3H3. The van der Waals surface area contributed by atoms with Crippen molar-refractivity contribution in [2.24, 2.45) is 0 Å². The van der Waals surface area contributed by atoms with E-state index in [1.807, 2.05) is 51.1 Å². The maximum Gasteiger partial charge on any atom is 0.410 e. The van der Waals surface area contributed by atoms with Gasteiger partial charge in [0.2, 0.25) is 0 Å². The molecule has 2 aromatic rings. The summed E-state index contributed by atoms with van der Waals surface area (Å²) in [6.45, 7) is 7.70. The zero-order valence-electron chi connectivity index (χ0n) is 15.2. The molecule has 0 fully saturated rings. The van der Waals surface area contributed by atoms with E-state index in [9.17, 15) is 4.79 Å². The van der Waals surface area contributed by atoms with Gasteiger partial charge in [-0.25, -0.2) is 4.79 Å². The Bertz CT molecular complexity index is 735. The van der Waals surface area contributed by atoms with Gasteiger partial charge in [0.05, 0.1) is 6.54 Å². The van der Waals surface area contributed by atoms with E-state index in [0.717, 1.165) is 24.1 Å². The van der Waals surface area contributed by atoms with Crippen LogP contribution in [0.4, 0.5) is 10.5 Å². The van der Waals surface area contributed by atoms with Crippen LogP contribution in [0.5, 0.6) is 0 Å². The maximum atomic E-state index is 12.8. The third-order valence-corrected chi connectivity index (χ3v) is 4.16. The van der Waals surface area contributed by atoms with E-state index < -0.39 is 5.60 Å². The van der Waals surface area contributed by atoms with Crippen LogP contribution in [0.15, 0.2) is 48.5 Å². The molecule has 4 heteroatoms. The van der Waals surface area contributed by atoms with Gasteiger partial charge in [-0.1, -0.05) is 48.5 Å². The van der Waals surface area contributed by atoms with Crippen molar-refractivity contribution in [2.45, 2.75) is 45.9 Å². The highest BCUT2D eigenvalue weighted by Gasteiger charge is 2.24. The molecule has 0 atom stereocenters. The second-order valence-corrected chi connectivity index (χ2v) is 7.45. The first-order valence-corrected chi connectivity index (χ1v) is 8.79. The molecule has 1 amide bonds. The summed E-state index contributed by atoms with van der Waals surface area (Å²) in [5.41, 5.74) is 4.21. The average molecular weight is 338 g/mol. The number of carbonyl (C=O) groups excluding carboxylic acids is 1. The Labute approximate surface area is 149 Å². The average Bonchev–Trinajstić information content (AvgIpc) is 3.03. The number of anilines is 1. The predicted molar refractivity (Wildman–Crippen MR) is 101 cm³/mol. The van der Waals surface area contributed by atoms with E-state index in [1.54, 1.807) is 4.90 Å². The topological polar surface area (TPSA) is 41.6 Å². The van der Waals surface area contributed by atoms with Gasteiger partial charge >= 0.3 is 6.09 Å². The smallest absolute Gasteiger partial charge is 0.410 e. The number of benzene rings is 2. The number of nitrogens with zero attached hydrogens (tertiary/aromatic N) is 1.